The topological polar surface area (TPSA) is 170 Å². The number of aliphatic carboxylic acids is 1. The molecule has 0 saturated carbocycles. The molecule has 0 spiro atoms. The maximum absolute atomic E-state index is 11.6. The Morgan fingerprint density at radius 1 is 1.10 bits per heavy atom. The van der Waals surface area contributed by atoms with Crippen molar-refractivity contribution in [1.29, 1.82) is 0 Å². The van der Waals surface area contributed by atoms with Gasteiger partial charge in [-0.1, -0.05) is 13.8 Å². The summed E-state index contributed by atoms with van der Waals surface area (Å²) in [6.07, 6.45) is -7.93. The van der Waals surface area contributed by atoms with E-state index in [-0.39, 0.29) is 12.3 Å². The SMILES string of the molecule is CC(C)CC(NC(=O)C(O)C(O)C(O)C(O)CO)C(=O)[O-]. The normalized spacial score (nSPS) is 18.7. The molecular formula is C12H22NO8-. The van der Waals surface area contributed by atoms with Crippen LogP contribution in [0.1, 0.15) is 20.3 Å². The number of carbonyl (C=O) groups excluding carboxylic acids is 2. The third-order valence-electron chi connectivity index (χ3n) is 2.83. The number of carboxylic acids is 1. The third kappa shape index (κ3) is 6.36. The molecule has 0 fully saturated rings. The highest BCUT2D eigenvalue weighted by Crippen LogP contribution is 2.08. The van der Waals surface area contributed by atoms with Crippen molar-refractivity contribution in [1.82, 2.24) is 5.32 Å². The van der Waals surface area contributed by atoms with Crippen molar-refractivity contribution >= 4 is 11.9 Å². The zero-order valence-electron chi connectivity index (χ0n) is 11.8. The molecule has 0 radical (unpaired) electrons. The van der Waals surface area contributed by atoms with E-state index >= 15 is 0 Å². The molecule has 6 N–H and O–H groups in total. The highest BCUT2D eigenvalue weighted by molar-refractivity contribution is 5.86. The quantitative estimate of drug-likeness (QED) is 0.248. The van der Waals surface area contributed by atoms with E-state index in [0.717, 1.165) is 0 Å². The van der Waals surface area contributed by atoms with Crippen LogP contribution in [0.5, 0.6) is 0 Å². The average Bonchev–Trinajstić information content (AvgIpc) is 2.42. The molecule has 0 aromatic rings. The van der Waals surface area contributed by atoms with Gasteiger partial charge in [0.2, 0.25) is 0 Å². The average molecular weight is 308 g/mol. The summed E-state index contributed by atoms with van der Waals surface area (Å²) >= 11 is 0. The number of aliphatic hydroxyl groups excluding tert-OH is 5. The fraction of sp³-hybridized carbons (Fsp3) is 0.833. The molecule has 5 atom stereocenters. The second-order valence-corrected chi connectivity index (χ2v) is 5.19. The fourth-order valence-electron chi connectivity index (χ4n) is 1.62. The lowest BCUT2D eigenvalue weighted by molar-refractivity contribution is -0.308. The lowest BCUT2D eigenvalue weighted by Crippen LogP contribution is -2.56. The van der Waals surface area contributed by atoms with Crippen molar-refractivity contribution in [2.75, 3.05) is 6.61 Å². The zero-order valence-corrected chi connectivity index (χ0v) is 11.8. The molecule has 0 bridgehead atoms. The molecule has 9 nitrogen and oxygen atoms in total. The lowest BCUT2D eigenvalue weighted by Gasteiger charge is -2.27. The number of hydrogen-bond acceptors (Lipinski definition) is 8. The number of aliphatic hydroxyl groups is 5. The first-order chi connectivity index (χ1) is 9.61. The van der Waals surface area contributed by atoms with Crippen LogP contribution >= 0.6 is 0 Å². The predicted molar refractivity (Wildman–Crippen MR) is 67.5 cm³/mol. The molecule has 0 aromatic heterocycles. The van der Waals surface area contributed by atoms with Gasteiger partial charge in [-0.3, -0.25) is 4.79 Å². The second-order valence-electron chi connectivity index (χ2n) is 5.19. The highest BCUT2D eigenvalue weighted by Gasteiger charge is 2.34. The van der Waals surface area contributed by atoms with Gasteiger partial charge in [-0.15, -0.1) is 0 Å². The third-order valence-corrected chi connectivity index (χ3v) is 2.83. The first kappa shape index (κ1) is 19.7. The summed E-state index contributed by atoms with van der Waals surface area (Å²) in [7, 11) is 0. The minimum absolute atomic E-state index is 0.0543. The van der Waals surface area contributed by atoms with Gasteiger partial charge in [-0.05, 0) is 12.3 Å². The fourth-order valence-corrected chi connectivity index (χ4v) is 1.62. The molecule has 0 rings (SSSR count). The number of carboxylic acid groups (broad SMARTS) is 1. The molecule has 0 saturated heterocycles. The molecule has 124 valence electrons. The van der Waals surface area contributed by atoms with E-state index in [1.54, 1.807) is 13.8 Å². The van der Waals surface area contributed by atoms with Gasteiger partial charge in [0.05, 0.1) is 18.6 Å². The van der Waals surface area contributed by atoms with Crippen molar-refractivity contribution in [2.45, 2.75) is 50.7 Å². The molecule has 0 aliphatic rings. The van der Waals surface area contributed by atoms with Gasteiger partial charge < -0.3 is 40.8 Å². The van der Waals surface area contributed by atoms with Crippen LogP contribution in [0.2, 0.25) is 0 Å². The van der Waals surface area contributed by atoms with Crippen molar-refractivity contribution in [3.63, 3.8) is 0 Å². The first-order valence-corrected chi connectivity index (χ1v) is 6.46. The Balaban J connectivity index is 4.71. The van der Waals surface area contributed by atoms with E-state index in [1.165, 1.54) is 0 Å². The summed E-state index contributed by atoms with van der Waals surface area (Å²) in [6.45, 7) is 2.55. The van der Waals surface area contributed by atoms with E-state index in [4.69, 9.17) is 10.2 Å². The van der Waals surface area contributed by atoms with Crippen molar-refractivity contribution in [3.8, 4) is 0 Å². The van der Waals surface area contributed by atoms with Crippen molar-refractivity contribution in [2.24, 2.45) is 5.92 Å². The second kappa shape index (κ2) is 8.90. The standard InChI is InChI=1S/C12H23NO8/c1-5(2)3-6(12(20)21)13-11(19)10(18)9(17)8(16)7(15)4-14/h5-10,14-18H,3-4H2,1-2H3,(H,13,19)(H,20,21)/p-1. The molecule has 0 aliphatic heterocycles. The van der Waals surface area contributed by atoms with E-state index in [1.807, 2.05) is 5.32 Å². The number of hydrogen-bond donors (Lipinski definition) is 6. The Labute approximate surface area is 121 Å². The van der Waals surface area contributed by atoms with Gasteiger partial charge in [-0.2, -0.15) is 0 Å². The van der Waals surface area contributed by atoms with E-state index < -0.39 is 48.9 Å². The minimum atomic E-state index is -2.17. The van der Waals surface area contributed by atoms with Crippen LogP contribution in [0.4, 0.5) is 0 Å². The maximum atomic E-state index is 11.6. The summed E-state index contributed by atoms with van der Waals surface area (Å²) < 4.78 is 0. The van der Waals surface area contributed by atoms with Crippen molar-refractivity contribution < 1.29 is 40.2 Å². The van der Waals surface area contributed by atoms with Gasteiger partial charge in [-0.25, -0.2) is 0 Å². The van der Waals surface area contributed by atoms with Crippen LogP contribution < -0.4 is 10.4 Å². The van der Waals surface area contributed by atoms with Crippen LogP contribution in [-0.4, -0.2) is 74.5 Å². The number of nitrogens with one attached hydrogen (secondary N) is 1. The smallest absolute Gasteiger partial charge is 0.252 e. The van der Waals surface area contributed by atoms with E-state index in [2.05, 4.69) is 0 Å². The molecule has 5 unspecified atom stereocenters. The minimum Gasteiger partial charge on any atom is -0.548 e. The van der Waals surface area contributed by atoms with Crippen LogP contribution in [0.25, 0.3) is 0 Å². The largest absolute Gasteiger partial charge is 0.548 e. The number of amides is 1. The Hall–Kier alpha value is -1.26. The number of rotatable bonds is 9. The monoisotopic (exact) mass is 308 g/mol. The lowest BCUT2D eigenvalue weighted by atomic mass is 10.0. The Bertz CT molecular complexity index is 348. The molecule has 21 heavy (non-hydrogen) atoms. The Morgan fingerprint density at radius 2 is 1.62 bits per heavy atom. The summed E-state index contributed by atoms with van der Waals surface area (Å²) in [6, 6.07) is -1.36. The maximum Gasteiger partial charge on any atom is 0.252 e. The van der Waals surface area contributed by atoms with Gasteiger partial charge in [0.1, 0.15) is 18.3 Å². The van der Waals surface area contributed by atoms with Crippen LogP contribution in [-0.2, 0) is 9.59 Å². The van der Waals surface area contributed by atoms with Gasteiger partial charge in [0.25, 0.3) is 5.91 Å². The summed E-state index contributed by atoms with van der Waals surface area (Å²) in [4.78, 5) is 22.5. The molecule has 0 aromatic carbocycles. The predicted octanol–water partition coefficient (Wildman–Crippen LogP) is -4.30. The van der Waals surface area contributed by atoms with Gasteiger partial charge in [0.15, 0.2) is 6.10 Å². The first-order valence-electron chi connectivity index (χ1n) is 6.46. The van der Waals surface area contributed by atoms with E-state index in [0.29, 0.717) is 0 Å². The molecule has 9 heteroatoms. The Kier molecular flexibility index (Phi) is 8.37. The van der Waals surface area contributed by atoms with Gasteiger partial charge >= 0.3 is 0 Å². The van der Waals surface area contributed by atoms with Crippen LogP contribution in [0.3, 0.4) is 0 Å². The highest BCUT2D eigenvalue weighted by atomic mass is 16.4. The van der Waals surface area contributed by atoms with Crippen molar-refractivity contribution in [3.05, 3.63) is 0 Å². The molecular weight excluding hydrogens is 286 g/mol. The summed E-state index contributed by atoms with van der Waals surface area (Å²) in [5.41, 5.74) is 0. The molecule has 1 amide bonds. The Morgan fingerprint density at radius 3 is 2.00 bits per heavy atom. The zero-order chi connectivity index (χ0) is 16.7. The van der Waals surface area contributed by atoms with Gasteiger partial charge in [0, 0.05) is 0 Å². The van der Waals surface area contributed by atoms with Crippen LogP contribution in [0, 0.1) is 5.92 Å². The summed E-state index contributed by atoms with van der Waals surface area (Å²) in [5.74, 6) is -2.85. The summed E-state index contributed by atoms with van der Waals surface area (Å²) in [5, 5.41) is 58.9. The molecule has 0 heterocycles. The number of carbonyl (C=O) groups is 2. The van der Waals surface area contributed by atoms with Crippen LogP contribution in [0.15, 0.2) is 0 Å². The molecule has 0 aliphatic carbocycles. The van der Waals surface area contributed by atoms with E-state index in [9.17, 15) is 30.0 Å².